The van der Waals surface area contributed by atoms with Gasteiger partial charge in [-0.1, -0.05) is 12.1 Å². The van der Waals surface area contributed by atoms with Gasteiger partial charge in [-0.3, -0.25) is 4.68 Å². The van der Waals surface area contributed by atoms with Gasteiger partial charge in [-0.25, -0.2) is 9.78 Å². The van der Waals surface area contributed by atoms with Crippen LogP contribution in [0.5, 0.6) is 0 Å². The van der Waals surface area contributed by atoms with E-state index in [2.05, 4.69) is 26.0 Å². The monoisotopic (exact) mass is 368 g/mol. The van der Waals surface area contributed by atoms with Crippen LogP contribution in [-0.2, 0) is 18.3 Å². The zero-order valence-corrected chi connectivity index (χ0v) is 15.6. The van der Waals surface area contributed by atoms with Crippen molar-refractivity contribution in [1.82, 2.24) is 29.5 Å². The van der Waals surface area contributed by atoms with Gasteiger partial charge in [-0.2, -0.15) is 5.10 Å². The molecule has 1 saturated heterocycles. The van der Waals surface area contributed by atoms with Crippen molar-refractivity contribution in [2.75, 3.05) is 26.2 Å². The predicted octanol–water partition coefficient (Wildman–Crippen LogP) is 1.86. The maximum Gasteiger partial charge on any atom is 0.317 e. The Morgan fingerprint density at radius 2 is 2.19 bits per heavy atom. The molecule has 8 nitrogen and oxygen atoms in total. The molecule has 142 valence electrons. The van der Waals surface area contributed by atoms with Crippen LogP contribution in [0.4, 0.5) is 4.79 Å². The molecule has 8 heteroatoms. The van der Waals surface area contributed by atoms with Crippen LogP contribution in [0.15, 0.2) is 36.5 Å². The Bertz CT molecular complexity index is 947. The van der Waals surface area contributed by atoms with E-state index in [0.717, 1.165) is 22.6 Å². The first-order chi connectivity index (χ1) is 13.1. The van der Waals surface area contributed by atoms with E-state index in [1.807, 2.05) is 38.2 Å². The van der Waals surface area contributed by atoms with Gasteiger partial charge in [-0.15, -0.1) is 0 Å². The number of aryl methyl sites for hydroxylation is 2. The molecule has 2 aromatic heterocycles. The topological polar surface area (TPSA) is 77.2 Å². The maximum atomic E-state index is 12.6. The van der Waals surface area contributed by atoms with Crippen molar-refractivity contribution in [3.05, 3.63) is 48.0 Å². The third-order valence-corrected chi connectivity index (χ3v) is 5.00. The van der Waals surface area contributed by atoms with Gasteiger partial charge in [0.1, 0.15) is 11.9 Å². The standard InChI is InChI=1S/C19H24N6O2/c1-14-22-15-5-3-4-6-16(15)25(14)10-9-20-19(26)24-11-12-27-18(13-24)17-7-8-21-23(17)2/h3-8,18H,9-13H2,1-2H3,(H,20,26). The van der Waals surface area contributed by atoms with Gasteiger partial charge in [0.05, 0.1) is 29.9 Å². The van der Waals surface area contributed by atoms with Gasteiger partial charge in [0.2, 0.25) is 0 Å². The highest BCUT2D eigenvalue weighted by molar-refractivity contribution is 5.76. The van der Waals surface area contributed by atoms with Gasteiger partial charge in [0, 0.05) is 32.9 Å². The van der Waals surface area contributed by atoms with E-state index in [-0.39, 0.29) is 12.1 Å². The number of hydrogen-bond donors (Lipinski definition) is 1. The number of morpholine rings is 1. The number of carbonyl (C=O) groups excluding carboxylic acids is 1. The first-order valence-electron chi connectivity index (χ1n) is 9.17. The van der Waals surface area contributed by atoms with Crippen molar-refractivity contribution in [2.24, 2.45) is 7.05 Å². The summed E-state index contributed by atoms with van der Waals surface area (Å²) in [5, 5.41) is 7.21. The summed E-state index contributed by atoms with van der Waals surface area (Å²) in [6, 6.07) is 9.91. The van der Waals surface area contributed by atoms with E-state index in [9.17, 15) is 4.79 Å². The molecule has 0 spiro atoms. The minimum atomic E-state index is -0.142. The first kappa shape index (κ1) is 17.5. The number of amides is 2. The van der Waals surface area contributed by atoms with Gasteiger partial charge < -0.3 is 19.5 Å². The minimum absolute atomic E-state index is 0.0625. The van der Waals surface area contributed by atoms with Crippen LogP contribution in [0.2, 0.25) is 0 Å². The summed E-state index contributed by atoms with van der Waals surface area (Å²) >= 11 is 0. The SMILES string of the molecule is Cc1nc2ccccc2n1CCNC(=O)N1CCOC(c2ccnn2C)C1. The molecule has 3 heterocycles. The number of aromatic nitrogens is 4. The number of para-hydroxylation sites is 2. The molecular weight excluding hydrogens is 344 g/mol. The number of benzene rings is 1. The van der Waals surface area contributed by atoms with E-state index < -0.39 is 0 Å². The smallest absolute Gasteiger partial charge is 0.317 e. The lowest BCUT2D eigenvalue weighted by Crippen LogP contribution is -2.48. The Morgan fingerprint density at radius 1 is 1.33 bits per heavy atom. The van der Waals surface area contributed by atoms with E-state index in [1.54, 1.807) is 15.8 Å². The average molecular weight is 368 g/mol. The van der Waals surface area contributed by atoms with Crippen LogP contribution in [0.1, 0.15) is 17.6 Å². The number of fused-ring (bicyclic) bond motifs is 1. The fourth-order valence-corrected chi connectivity index (χ4v) is 3.58. The van der Waals surface area contributed by atoms with E-state index in [1.165, 1.54) is 0 Å². The normalized spacial score (nSPS) is 17.4. The molecule has 1 aliphatic rings. The van der Waals surface area contributed by atoms with Crippen molar-refractivity contribution in [3.8, 4) is 0 Å². The quantitative estimate of drug-likeness (QED) is 0.763. The molecule has 1 N–H and O–H groups in total. The summed E-state index contributed by atoms with van der Waals surface area (Å²) in [6.45, 7) is 4.86. The van der Waals surface area contributed by atoms with Crippen molar-refractivity contribution in [2.45, 2.75) is 19.6 Å². The highest BCUT2D eigenvalue weighted by atomic mass is 16.5. The second-order valence-corrected chi connectivity index (χ2v) is 6.72. The maximum absolute atomic E-state index is 12.6. The van der Waals surface area contributed by atoms with Crippen LogP contribution in [0.3, 0.4) is 0 Å². The third-order valence-electron chi connectivity index (χ3n) is 5.00. The number of urea groups is 1. The number of nitrogens with one attached hydrogen (secondary N) is 1. The highest BCUT2D eigenvalue weighted by Gasteiger charge is 2.27. The summed E-state index contributed by atoms with van der Waals surface area (Å²) in [5.74, 6) is 0.952. The molecular formula is C19H24N6O2. The Morgan fingerprint density at radius 3 is 3.00 bits per heavy atom. The molecule has 0 bridgehead atoms. The van der Waals surface area contributed by atoms with Gasteiger partial charge in [0.15, 0.2) is 0 Å². The largest absolute Gasteiger partial charge is 0.368 e. The van der Waals surface area contributed by atoms with Crippen LogP contribution < -0.4 is 5.32 Å². The van der Waals surface area contributed by atoms with Crippen LogP contribution in [0.25, 0.3) is 11.0 Å². The minimum Gasteiger partial charge on any atom is -0.368 e. The van der Waals surface area contributed by atoms with Crippen LogP contribution >= 0.6 is 0 Å². The fourth-order valence-electron chi connectivity index (χ4n) is 3.58. The van der Waals surface area contributed by atoms with Crippen molar-refractivity contribution >= 4 is 17.1 Å². The number of nitrogens with zero attached hydrogens (tertiary/aromatic N) is 5. The number of ether oxygens (including phenoxy) is 1. The molecule has 2 amide bonds. The zero-order chi connectivity index (χ0) is 18.8. The van der Waals surface area contributed by atoms with Crippen molar-refractivity contribution in [1.29, 1.82) is 0 Å². The second-order valence-electron chi connectivity index (χ2n) is 6.72. The van der Waals surface area contributed by atoms with Crippen LogP contribution in [0, 0.1) is 6.92 Å². The van der Waals surface area contributed by atoms with Gasteiger partial charge in [-0.05, 0) is 25.1 Å². The molecule has 1 atom stereocenters. The Balaban J connectivity index is 1.35. The Hall–Kier alpha value is -2.87. The molecule has 1 fully saturated rings. The zero-order valence-electron chi connectivity index (χ0n) is 15.6. The molecule has 0 radical (unpaired) electrons. The fraction of sp³-hybridized carbons (Fsp3) is 0.421. The summed E-state index contributed by atoms with van der Waals surface area (Å²) in [7, 11) is 1.88. The highest BCUT2D eigenvalue weighted by Crippen LogP contribution is 2.21. The number of carbonyl (C=O) groups is 1. The Kier molecular flexibility index (Phi) is 4.81. The summed E-state index contributed by atoms with van der Waals surface area (Å²) in [5.41, 5.74) is 3.05. The van der Waals surface area contributed by atoms with Crippen molar-refractivity contribution < 1.29 is 9.53 Å². The summed E-state index contributed by atoms with van der Waals surface area (Å²) < 4.78 is 9.74. The summed E-state index contributed by atoms with van der Waals surface area (Å²) in [4.78, 5) is 19.0. The molecule has 3 aromatic rings. The third kappa shape index (κ3) is 3.52. The van der Waals surface area contributed by atoms with Crippen molar-refractivity contribution in [3.63, 3.8) is 0 Å². The van der Waals surface area contributed by atoms with Gasteiger partial charge >= 0.3 is 6.03 Å². The molecule has 1 aliphatic heterocycles. The predicted molar refractivity (Wildman–Crippen MR) is 101 cm³/mol. The average Bonchev–Trinajstić information content (AvgIpc) is 3.25. The number of rotatable bonds is 4. The molecule has 1 aromatic carbocycles. The van der Waals surface area contributed by atoms with E-state index >= 15 is 0 Å². The first-order valence-corrected chi connectivity index (χ1v) is 9.17. The molecule has 0 aliphatic carbocycles. The van der Waals surface area contributed by atoms with E-state index in [4.69, 9.17) is 4.74 Å². The molecule has 1 unspecified atom stereocenters. The van der Waals surface area contributed by atoms with E-state index in [0.29, 0.717) is 32.8 Å². The number of imidazole rings is 1. The second kappa shape index (κ2) is 7.40. The summed E-state index contributed by atoms with van der Waals surface area (Å²) in [6.07, 6.45) is 1.60. The number of hydrogen-bond acceptors (Lipinski definition) is 4. The molecule has 0 saturated carbocycles. The van der Waals surface area contributed by atoms with Gasteiger partial charge in [0.25, 0.3) is 0 Å². The lowest BCUT2D eigenvalue weighted by molar-refractivity contribution is -0.0194. The van der Waals surface area contributed by atoms with Crippen LogP contribution in [-0.4, -0.2) is 56.5 Å². The Labute approximate surface area is 157 Å². The lowest BCUT2D eigenvalue weighted by atomic mass is 10.2. The lowest BCUT2D eigenvalue weighted by Gasteiger charge is -2.33. The molecule has 27 heavy (non-hydrogen) atoms. The molecule has 4 rings (SSSR count).